The number of carbonyl (C=O) groups is 4. The highest BCUT2D eigenvalue weighted by molar-refractivity contribution is 6.34. The number of rotatable bonds is 23. The van der Waals surface area contributed by atoms with Crippen molar-refractivity contribution in [1.82, 2.24) is 120 Å². The molecule has 4 aliphatic carbocycles. The molecule has 41 heteroatoms. The van der Waals surface area contributed by atoms with Crippen molar-refractivity contribution < 1.29 is 33.8 Å². The molecule has 3 amide bonds. The molecule has 8 aromatic heterocycles. The van der Waals surface area contributed by atoms with E-state index in [1.165, 1.54) is 63.5 Å². The summed E-state index contributed by atoms with van der Waals surface area (Å²) < 4.78 is 19.1. The van der Waals surface area contributed by atoms with Crippen molar-refractivity contribution in [3.05, 3.63) is 178 Å². The molecule has 5 aliphatic heterocycles. The first-order valence-corrected chi connectivity index (χ1v) is 47.5. The van der Waals surface area contributed by atoms with Crippen molar-refractivity contribution in [3.63, 3.8) is 0 Å². The highest BCUT2D eigenvalue weighted by atomic mass is 35.5. The van der Waals surface area contributed by atoms with Crippen molar-refractivity contribution in [2.45, 2.75) is 223 Å². The van der Waals surface area contributed by atoms with Crippen LogP contribution in [0.2, 0.25) is 10.0 Å². The van der Waals surface area contributed by atoms with Gasteiger partial charge < -0.3 is 76.3 Å². The second-order valence-corrected chi connectivity index (χ2v) is 36.0. The van der Waals surface area contributed by atoms with Gasteiger partial charge in [-0.25, -0.2) is 24.7 Å². The number of methoxy groups -OCH3 is 2. The van der Waals surface area contributed by atoms with Crippen LogP contribution in [0.5, 0.6) is 11.5 Å². The van der Waals surface area contributed by atoms with E-state index in [1.807, 2.05) is 42.8 Å². The summed E-state index contributed by atoms with van der Waals surface area (Å²) >= 11 is 12.7. The van der Waals surface area contributed by atoms with Crippen molar-refractivity contribution in [1.29, 1.82) is 0 Å². The number of amides is 3. The average molecular weight is 1870 g/mol. The zero-order valence-corrected chi connectivity index (χ0v) is 78.6. The largest absolute Gasteiger partial charge is 0.495 e. The molecule has 0 radical (unpaired) electrons. The topological polar surface area (TPSA) is 433 Å². The van der Waals surface area contributed by atoms with E-state index in [0.717, 1.165) is 172 Å². The van der Waals surface area contributed by atoms with E-state index in [0.29, 0.717) is 109 Å². The van der Waals surface area contributed by atoms with Gasteiger partial charge >= 0.3 is 5.97 Å². The number of carboxylic acids is 1. The Bertz CT molecular complexity index is 6290. The number of aromatic carboxylic acids is 1. The standard InChI is InChI=1S/C28H37N9O2.C23H28N8O2.C22H25ClN8O.C21H22ClN7O2/c1-4-22-26-34-30-17-36(26)23-16-29-28(33-25(23)37(22)20-7-5-6-8-20)32-21-10-9-18(15-24(21)39-3)27(38)31-19-11-13-35(2)14-12-19;1-4-17-21-29-26-13-30(21)18-12-25-23(28-20(18)31(17)15-7-5-6-8-15)27-16-10-9-14(22(32)24-2)11-19(16)33-3;1-3-17-20-29-26-12-30(20)18-11-25-22(28-19(18)31(17)14-6-4-5-7-14)27-16-9-8-13(10-15(16)23)21(32)24-2;1-2-16-19-27-24-11-28(19)17-10-23-21(26-18(17)29(16)13-5-3-4-6-13)25-15-8-7-12(20(30)31)9-14(15)22/h9-10,15-17,19-20,22H,4-8,11-14H2,1-3H3,(H,31,38)(H,29,32,33);9-13,15,17H,4-8H2,1-3H3,(H,24,32)(H,25,27,28);8-12,14,17H,3-7H2,1-2H3,(H,24,32)(H,25,27,28);7-11,13,16H,2-6H2,1H3,(H,30,31)(H,23,25,26)/t22-;2*17-;16-/m1111/s1. The second-order valence-electron chi connectivity index (χ2n) is 35.2. The van der Waals surface area contributed by atoms with Gasteiger partial charge in [0.1, 0.15) is 59.6 Å². The maximum absolute atomic E-state index is 12.9. The van der Waals surface area contributed by atoms with E-state index in [4.69, 9.17) is 57.7 Å². The number of hydrogen-bond acceptors (Lipinski definition) is 31. The number of carboxylic acid groups (broad SMARTS) is 1. The van der Waals surface area contributed by atoms with Gasteiger partial charge in [0.2, 0.25) is 23.8 Å². The first-order valence-electron chi connectivity index (χ1n) is 46.8. The molecule has 8 N–H and O–H groups in total. The Labute approximate surface area is 791 Å². The molecule has 0 bridgehead atoms. The van der Waals surface area contributed by atoms with E-state index in [1.54, 1.807) is 115 Å². The smallest absolute Gasteiger partial charge is 0.335 e. The summed E-state index contributed by atoms with van der Waals surface area (Å²) in [5.74, 6) is 8.67. The lowest BCUT2D eigenvalue weighted by Gasteiger charge is -2.40. The van der Waals surface area contributed by atoms with Crippen molar-refractivity contribution in [2.24, 2.45) is 0 Å². The van der Waals surface area contributed by atoms with Crippen LogP contribution < -0.4 is 66.3 Å². The number of carbonyl (C=O) groups excluding carboxylic acids is 3. The molecule has 21 rings (SSSR count). The predicted octanol–water partition coefficient (Wildman–Crippen LogP) is 15.6. The predicted molar refractivity (Wildman–Crippen MR) is 513 cm³/mol. The Morgan fingerprint density at radius 3 is 0.963 bits per heavy atom. The molecule has 4 saturated carbocycles. The first kappa shape index (κ1) is 91.7. The minimum Gasteiger partial charge on any atom is -0.495 e. The third-order valence-electron chi connectivity index (χ3n) is 27.1. The molecule has 5 fully saturated rings. The molecule has 704 valence electrons. The number of halogens is 2. The molecule has 0 spiro atoms. The fourth-order valence-electron chi connectivity index (χ4n) is 20.4. The lowest BCUT2D eigenvalue weighted by Crippen LogP contribution is -2.43. The maximum Gasteiger partial charge on any atom is 0.335 e. The number of fused-ring (bicyclic) bond motifs is 12. The van der Waals surface area contributed by atoms with Crippen molar-refractivity contribution >= 4 is 117 Å². The van der Waals surface area contributed by atoms with E-state index in [-0.39, 0.29) is 53.5 Å². The Morgan fingerprint density at radius 1 is 0.393 bits per heavy atom. The van der Waals surface area contributed by atoms with E-state index in [9.17, 15) is 19.2 Å². The third-order valence-corrected chi connectivity index (χ3v) is 27.8. The number of likely N-dealkylation sites (tertiary alicyclic amines) is 1. The number of piperidine rings is 1. The van der Waals surface area contributed by atoms with Crippen LogP contribution in [0.25, 0.3) is 22.7 Å². The van der Waals surface area contributed by atoms with Gasteiger partial charge in [-0.05, 0) is 183 Å². The van der Waals surface area contributed by atoms with Gasteiger partial charge in [-0.15, -0.1) is 40.8 Å². The molecular weight excluding hydrogens is 1760 g/mol. The molecule has 12 aromatic rings. The van der Waals surface area contributed by atoms with Gasteiger partial charge in [-0.1, -0.05) is 102 Å². The van der Waals surface area contributed by atoms with Crippen LogP contribution in [0.4, 0.5) is 69.8 Å². The van der Waals surface area contributed by atoms with Crippen LogP contribution in [0.3, 0.4) is 0 Å². The highest BCUT2D eigenvalue weighted by Gasteiger charge is 2.44. The number of anilines is 12. The Kier molecular flexibility index (Phi) is 27.5. The molecule has 4 atom stereocenters. The number of benzene rings is 4. The summed E-state index contributed by atoms with van der Waals surface area (Å²) in [5, 5.41) is 65.6. The first-order chi connectivity index (χ1) is 65.9. The average Bonchev–Trinajstić information content (AvgIpc) is 1.70. The number of nitrogens with zero attached hydrogens (tertiary/aromatic N) is 25. The van der Waals surface area contributed by atoms with Crippen LogP contribution in [0.15, 0.2) is 123 Å². The summed E-state index contributed by atoms with van der Waals surface area (Å²) in [4.78, 5) is 97.8. The number of hydrogen-bond donors (Lipinski definition) is 8. The minimum atomic E-state index is -1.03. The summed E-state index contributed by atoms with van der Waals surface area (Å²) in [7, 11) is 8.48. The zero-order valence-electron chi connectivity index (χ0n) is 77.0. The van der Waals surface area contributed by atoms with Gasteiger partial charge in [-0.3, -0.25) is 32.7 Å². The third kappa shape index (κ3) is 18.6. The monoisotopic (exact) mass is 1870 g/mol. The number of aromatic nitrogens is 20. The Balaban J connectivity index is 0.000000121. The maximum atomic E-state index is 12.9. The summed E-state index contributed by atoms with van der Waals surface area (Å²) in [6.07, 6.45) is 38.6. The second kappa shape index (κ2) is 40.5. The van der Waals surface area contributed by atoms with Crippen LogP contribution in [0.1, 0.15) is 258 Å². The van der Waals surface area contributed by atoms with Crippen LogP contribution in [-0.4, -0.2) is 211 Å². The molecule has 9 aliphatic rings. The molecular formula is C94H112Cl2N32O7. The lowest BCUT2D eigenvalue weighted by atomic mass is 10.0. The molecule has 39 nitrogen and oxygen atoms in total. The summed E-state index contributed by atoms with van der Waals surface area (Å²) in [6.45, 7) is 10.7. The van der Waals surface area contributed by atoms with Gasteiger partial charge in [0.25, 0.3) is 17.7 Å². The van der Waals surface area contributed by atoms with Crippen LogP contribution in [0, 0.1) is 0 Å². The van der Waals surface area contributed by atoms with E-state index < -0.39 is 5.97 Å². The highest BCUT2D eigenvalue weighted by Crippen LogP contribution is 2.49. The minimum absolute atomic E-state index is 0.0815. The summed E-state index contributed by atoms with van der Waals surface area (Å²) in [6, 6.07) is 22.6. The normalized spacial score (nSPS) is 18.4. The summed E-state index contributed by atoms with van der Waals surface area (Å²) in [5.41, 5.74) is 7.80. The quantitative estimate of drug-likeness (QED) is 0.0295. The van der Waals surface area contributed by atoms with E-state index in [2.05, 4.69) is 157 Å². The van der Waals surface area contributed by atoms with Gasteiger partial charge in [0.15, 0.2) is 46.6 Å². The van der Waals surface area contributed by atoms with E-state index >= 15 is 0 Å². The molecule has 1 saturated heterocycles. The van der Waals surface area contributed by atoms with Crippen LogP contribution >= 0.6 is 23.2 Å². The van der Waals surface area contributed by atoms with Gasteiger partial charge in [0, 0.05) is 61.0 Å². The lowest BCUT2D eigenvalue weighted by molar-refractivity contribution is 0.0695. The SMILES string of the molecule is CC[C@@H]1c2nncn2-c2cnc(Nc3ccc(C(=O)NC)cc3Cl)nc2N1C1CCCC1.CC[C@@H]1c2nncn2-c2cnc(Nc3ccc(C(=O)NC)cc3OC)nc2N1C1CCCC1.CC[C@@H]1c2nncn2-c2cnc(Nc3ccc(C(=O)NC4CCN(C)CC4)cc3OC)nc2N1C1CCCC1.CC[C@@H]1c2nncn2-c2cnc(Nc3ccc(C(=O)O)cc3Cl)nc2N1C1CCCC1. The number of ether oxygens (including phenoxy) is 2. The van der Waals surface area contributed by atoms with Crippen LogP contribution in [-0.2, 0) is 0 Å². The molecule has 4 aromatic carbocycles. The van der Waals surface area contributed by atoms with Gasteiger partial charge in [-0.2, -0.15) is 19.9 Å². The van der Waals surface area contributed by atoms with Crippen molar-refractivity contribution in [2.75, 3.05) is 89.3 Å². The fraction of sp³-hybridized carbons (Fsp3) is 0.447. The molecule has 13 heterocycles. The molecule has 0 unspecified atom stereocenters. The Morgan fingerprint density at radius 2 is 0.674 bits per heavy atom. The fourth-order valence-corrected chi connectivity index (χ4v) is 20.8. The van der Waals surface area contributed by atoms with Gasteiger partial charge in [0.05, 0.1) is 102 Å². The van der Waals surface area contributed by atoms with Crippen molar-refractivity contribution in [3.8, 4) is 34.2 Å². The zero-order chi connectivity index (χ0) is 93.7. The number of nitrogens with one attached hydrogen (secondary N) is 7. The Hall–Kier alpha value is -13.8. The molecule has 135 heavy (non-hydrogen) atoms.